The van der Waals surface area contributed by atoms with Crippen molar-refractivity contribution in [1.29, 1.82) is 0 Å². The molecule has 0 saturated heterocycles. The zero-order valence-corrected chi connectivity index (χ0v) is 51.8. The minimum atomic E-state index is -1.40. The lowest BCUT2D eigenvalue weighted by Gasteiger charge is -2.30. The number of hydrogen-bond acceptors (Lipinski definition) is 4. The van der Waals surface area contributed by atoms with Crippen LogP contribution < -0.4 is 14.2 Å². The van der Waals surface area contributed by atoms with E-state index in [9.17, 15) is 5.11 Å². The quantitative estimate of drug-likeness (QED) is 0.0235. The van der Waals surface area contributed by atoms with Crippen molar-refractivity contribution in [3.63, 3.8) is 0 Å². The van der Waals surface area contributed by atoms with Gasteiger partial charge in [-0.3, -0.25) is 0 Å². The molecule has 0 radical (unpaired) electrons. The first kappa shape index (κ1) is 66.0. The first-order valence-corrected chi connectivity index (χ1v) is 33.2. The van der Waals surface area contributed by atoms with Crippen LogP contribution in [0.5, 0.6) is 17.2 Å². The van der Waals surface area contributed by atoms with Gasteiger partial charge in [-0.1, -0.05) is 340 Å². The van der Waals surface area contributed by atoms with Crippen LogP contribution in [0.4, 0.5) is 0 Å². The van der Waals surface area contributed by atoms with Gasteiger partial charge in [0.25, 0.3) is 0 Å². The molecular formula is C79H106O4. The third-order valence-electron chi connectivity index (χ3n) is 16.3. The lowest BCUT2D eigenvalue weighted by molar-refractivity contribution is 0.125. The fourth-order valence-corrected chi connectivity index (χ4v) is 10.9. The molecular weight excluding hydrogens is 1010 g/mol. The minimum absolute atomic E-state index is 0.767. The number of hydrogen-bond donors (Lipinski definition) is 1. The van der Waals surface area contributed by atoms with Crippen molar-refractivity contribution in [3.8, 4) is 17.2 Å². The molecule has 6 aromatic carbocycles. The van der Waals surface area contributed by atoms with E-state index in [1.807, 2.05) is 0 Å². The van der Waals surface area contributed by atoms with Crippen LogP contribution in [-0.4, -0.2) is 24.9 Å². The molecule has 0 aliphatic heterocycles. The summed E-state index contributed by atoms with van der Waals surface area (Å²) in [4.78, 5) is 0. The Hall–Kier alpha value is -6.10. The Morgan fingerprint density at radius 1 is 0.241 bits per heavy atom. The smallest absolute Gasteiger partial charge is 0.140 e. The van der Waals surface area contributed by atoms with Gasteiger partial charge in [-0.05, 0) is 106 Å². The second-order valence-corrected chi connectivity index (χ2v) is 23.4. The molecule has 0 aliphatic rings. The highest BCUT2D eigenvalue weighted by Crippen LogP contribution is 2.38. The molecule has 1 N–H and O–H groups in total. The van der Waals surface area contributed by atoms with Crippen LogP contribution in [0.2, 0.25) is 0 Å². The van der Waals surface area contributed by atoms with E-state index >= 15 is 0 Å². The Morgan fingerprint density at radius 3 is 0.602 bits per heavy atom. The van der Waals surface area contributed by atoms with Gasteiger partial charge < -0.3 is 19.3 Å². The summed E-state index contributed by atoms with van der Waals surface area (Å²) in [5.74, 6) is 2.76. The summed E-state index contributed by atoms with van der Waals surface area (Å²) in [6, 6.07) is 50.0. The standard InChI is InChI=1S/C79H106O4/c1-4-7-10-13-16-19-22-25-28-31-64-81-76-58-46-70(47-59-76)37-34-67-40-52-73(53-41-67)79(80,74-54-42-68(43-55-74)35-38-71-48-60-77(61-49-71)82-65-32-29-26-23-20-17-14-11-8-5-2)75-56-44-69(45-57-75)36-39-72-50-62-78(63-51-72)83-66-33-30-27-24-21-18-15-12-9-6-3/h34-63,80H,4-33,64-66H2,1-3H3/b37-34+,38-35+,39-36+. The van der Waals surface area contributed by atoms with E-state index in [1.165, 1.54) is 173 Å². The molecule has 0 atom stereocenters. The van der Waals surface area contributed by atoms with E-state index in [2.05, 4.69) is 203 Å². The normalized spacial score (nSPS) is 11.9. The van der Waals surface area contributed by atoms with Crippen LogP contribution in [-0.2, 0) is 5.60 Å². The highest BCUT2D eigenvalue weighted by molar-refractivity contribution is 5.72. The molecule has 0 spiro atoms. The summed E-state index contributed by atoms with van der Waals surface area (Å²) in [6.07, 6.45) is 52.4. The van der Waals surface area contributed by atoms with Crippen molar-refractivity contribution < 1.29 is 19.3 Å². The number of aliphatic hydroxyl groups is 1. The number of ether oxygens (including phenoxy) is 3. The van der Waals surface area contributed by atoms with Crippen LogP contribution in [0.25, 0.3) is 36.5 Å². The fraction of sp³-hybridized carbons (Fsp3) is 0.468. The molecule has 0 fully saturated rings. The molecule has 83 heavy (non-hydrogen) atoms. The molecule has 6 rings (SSSR count). The van der Waals surface area contributed by atoms with Crippen LogP contribution >= 0.6 is 0 Å². The second-order valence-electron chi connectivity index (χ2n) is 23.4. The van der Waals surface area contributed by atoms with Crippen LogP contribution in [0.15, 0.2) is 146 Å². The maximum Gasteiger partial charge on any atom is 0.140 e. The lowest BCUT2D eigenvalue weighted by Crippen LogP contribution is -2.28. The third-order valence-corrected chi connectivity index (χ3v) is 16.3. The monoisotopic (exact) mass is 1120 g/mol. The van der Waals surface area contributed by atoms with E-state index in [0.717, 1.165) is 106 Å². The highest BCUT2D eigenvalue weighted by atomic mass is 16.5. The largest absolute Gasteiger partial charge is 0.494 e. The van der Waals surface area contributed by atoms with Crippen molar-refractivity contribution in [2.75, 3.05) is 19.8 Å². The second kappa shape index (κ2) is 41.0. The molecule has 0 aromatic heterocycles. The molecule has 0 saturated carbocycles. The predicted octanol–water partition coefficient (Wildman–Crippen LogP) is 23.4. The summed E-state index contributed by atoms with van der Waals surface area (Å²) in [5, 5.41) is 13.1. The van der Waals surface area contributed by atoms with Gasteiger partial charge in [-0.25, -0.2) is 0 Å². The van der Waals surface area contributed by atoms with Gasteiger partial charge in [0.15, 0.2) is 0 Å². The Labute approximate surface area is 504 Å². The van der Waals surface area contributed by atoms with Crippen molar-refractivity contribution in [3.05, 3.63) is 196 Å². The summed E-state index contributed by atoms with van der Waals surface area (Å²) in [7, 11) is 0. The third kappa shape index (κ3) is 26.2. The Morgan fingerprint density at radius 2 is 0.410 bits per heavy atom. The van der Waals surface area contributed by atoms with E-state index in [0.29, 0.717) is 0 Å². The predicted molar refractivity (Wildman–Crippen MR) is 360 cm³/mol. The number of unbranched alkanes of at least 4 members (excludes halogenated alkanes) is 27. The lowest BCUT2D eigenvalue weighted by atomic mass is 9.79. The zero-order chi connectivity index (χ0) is 58.1. The molecule has 0 bridgehead atoms. The van der Waals surface area contributed by atoms with E-state index < -0.39 is 5.60 Å². The van der Waals surface area contributed by atoms with Gasteiger partial charge in [0, 0.05) is 0 Å². The SMILES string of the molecule is CCCCCCCCCCCCOc1ccc(/C=C/c2ccc(C(O)(c3ccc(/C=C/c4ccc(OCCCCCCCCCCCC)cc4)cc3)c3ccc(/C=C/c4ccc(OCCCCCCCCCCCC)cc4)cc3)cc2)cc1. The van der Waals surface area contributed by atoms with Crippen molar-refractivity contribution in [2.45, 2.75) is 219 Å². The average Bonchev–Trinajstić information content (AvgIpc) is 3.29. The van der Waals surface area contributed by atoms with Gasteiger partial charge in [0.1, 0.15) is 22.8 Å². The first-order valence-electron chi connectivity index (χ1n) is 33.2. The Balaban J connectivity index is 1.04. The maximum atomic E-state index is 13.1. The molecule has 6 aromatic rings. The molecule has 0 amide bonds. The average molecular weight is 1120 g/mol. The van der Waals surface area contributed by atoms with Gasteiger partial charge in [-0.15, -0.1) is 0 Å². The fourth-order valence-electron chi connectivity index (χ4n) is 10.9. The number of rotatable bonds is 45. The molecule has 0 unspecified atom stereocenters. The van der Waals surface area contributed by atoms with Crippen molar-refractivity contribution >= 4 is 36.5 Å². The summed E-state index contributed by atoms with van der Waals surface area (Å²) in [5.41, 5.74) is 7.51. The van der Waals surface area contributed by atoms with Crippen LogP contribution in [0.1, 0.15) is 263 Å². The van der Waals surface area contributed by atoms with Gasteiger partial charge in [0.05, 0.1) is 19.8 Å². The van der Waals surface area contributed by atoms with E-state index in [4.69, 9.17) is 14.2 Å². The minimum Gasteiger partial charge on any atom is -0.494 e. The van der Waals surface area contributed by atoms with Gasteiger partial charge >= 0.3 is 0 Å². The topological polar surface area (TPSA) is 47.9 Å². The summed E-state index contributed by atoms with van der Waals surface area (Å²) < 4.78 is 18.3. The summed E-state index contributed by atoms with van der Waals surface area (Å²) >= 11 is 0. The zero-order valence-electron chi connectivity index (χ0n) is 51.8. The molecule has 446 valence electrons. The van der Waals surface area contributed by atoms with E-state index in [1.54, 1.807) is 0 Å². The van der Waals surface area contributed by atoms with Crippen LogP contribution in [0, 0.1) is 0 Å². The summed E-state index contributed by atoms with van der Waals surface area (Å²) in [6.45, 7) is 9.14. The van der Waals surface area contributed by atoms with Crippen molar-refractivity contribution in [1.82, 2.24) is 0 Å². The van der Waals surface area contributed by atoms with Gasteiger partial charge in [-0.2, -0.15) is 0 Å². The maximum absolute atomic E-state index is 13.1. The van der Waals surface area contributed by atoms with E-state index in [-0.39, 0.29) is 0 Å². The van der Waals surface area contributed by atoms with Crippen LogP contribution in [0.3, 0.4) is 0 Å². The van der Waals surface area contributed by atoms with Gasteiger partial charge in [0.2, 0.25) is 0 Å². The molecule has 4 nitrogen and oxygen atoms in total. The molecule has 0 heterocycles. The molecule has 4 heteroatoms. The Kier molecular flexibility index (Phi) is 32.6. The first-order chi connectivity index (χ1) is 41.0. The number of benzene rings is 6. The Bertz CT molecular complexity index is 2350. The molecule has 0 aliphatic carbocycles. The van der Waals surface area contributed by atoms with Crippen molar-refractivity contribution in [2.24, 2.45) is 0 Å². The highest BCUT2D eigenvalue weighted by Gasteiger charge is 2.34.